The van der Waals surface area contributed by atoms with Crippen molar-refractivity contribution < 1.29 is 9.53 Å². The number of rotatable bonds is 7. The topological polar surface area (TPSA) is 63.2 Å². The summed E-state index contributed by atoms with van der Waals surface area (Å²) >= 11 is 0. The van der Waals surface area contributed by atoms with E-state index in [2.05, 4.69) is 15.6 Å². The van der Waals surface area contributed by atoms with Gasteiger partial charge in [-0.2, -0.15) is 0 Å². The van der Waals surface area contributed by atoms with Crippen LogP contribution >= 0.6 is 0 Å². The van der Waals surface area contributed by atoms with Crippen LogP contribution < -0.4 is 15.4 Å². The van der Waals surface area contributed by atoms with Gasteiger partial charge in [-0.25, -0.2) is 4.98 Å². The van der Waals surface area contributed by atoms with E-state index in [1.165, 1.54) is 0 Å². The van der Waals surface area contributed by atoms with E-state index in [4.69, 9.17) is 4.74 Å². The first kappa shape index (κ1) is 18.5. The maximum Gasteiger partial charge on any atom is 0.229 e. The van der Waals surface area contributed by atoms with Gasteiger partial charge in [0.05, 0.1) is 30.1 Å². The average Bonchev–Trinajstić information content (AvgIpc) is 2.65. The molecular weight excluding hydrogens is 338 g/mol. The summed E-state index contributed by atoms with van der Waals surface area (Å²) in [5.41, 5.74) is 2.65. The van der Waals surface area contributed by atoms with Crippen LogP contribution in [0.5, 0.6) is 5.75 Å². The Morgan fingerprint density at radius 3 is 2.44 bits per heavy atom. The molecule has 1 heterocycles. The zero-order valence-electron chi connectivity index (χ0n) is 15.5. The summed E-state index contributed by atoms with van der Waals surface area (Å²) in [6.45, 7) is 3.98. The van der Waals surface area contributed by atoms with Crippen LogP contribution in [0.2, 0.25) is 0 Å². The molecule has 2 N–H and O–H groups in total. The summed E-state index contributed by atoms with van der Waals surface area (Å²) in [5.74, 6) is 1.21. The lowest BCUT2D eigenvalue weighted by molar-refractivity contribution is -0.115. The highest BCUT2D eigenvalue weighted by molar-refractivity contribution is 5.91. The lowest BCUT2D eigenvalue weighted by atomic mass is 10.1. The monoisotopic (exact) mass is 361 g/mol. The molecule has 0 unspecified atom stereocenters. The Morgan fingerprint density at radius 1 is 1.00 bits per heavy atom. The van der Waals surface area contributed by atoms with E-state index in [0.29, 0.717) is 12.2 Å². The van der Waals surface area contributed by atoms with Crippen LogP contribution in [0.15, 0.2) is 72.9 Å². The van der Waals surface area contributed by atoms with Crippen LogP contribution in [0.4, 0.5) is 17.2 Å². The predicted molar refractivity (Wildman–Crippen MR) is 109 cm³/mol. The molecule has 0 fully saturated rings. The summed E-state index contributed by atoms with van der Waals surface area (Å²) in [6.07, 6.45) is 2.10. The Balaban J connectivity index is 1.61. The van der Waals surface area contributed by atoms with E-state index in [1.807, 2.05) is 74.5 Å². The lowest BCUT2D eigenvalue weighted by Crippen LogP contribution is -2.15. The maximum absolute atomic E-state index is 12.1. The Bertz CT molecular complexity index is 878. The molecule has 0 spiro atoms. The number of nitrogens with zero attached hydrogens (tertiary/aromatic N) is 1. The second kappa shape index (κ2) is 8.85. The van der Waals surface area contributed by atoms with Crippen LogP contribution in [-0.2, 0) is 11.2 Å². The summed E-state index contributed by atoms with van der Waals surface area (Å²) in [7, 11) is 0. The summed E-state index contributed by atoms with van der Waals surface area (Å²) in [6, 6.07) is 21.0. The number of carbonyl (C=O) groups excluding carboxylic acids is 1. The van der Waals surface area contributed by atoms with E-state index in [0.717, 1.165) is 22.7 Å². The Morgan fingerprint density at radius 2 is 1.74 bits per heavy atom. The number of amides is 1. The molecule has 3 rings (SSSR count). The molecule has 1 aromatic heterocycles. The van der Waals surface area contributed by atoms with Crippen molar-refractivity contribution in [3.63, 3.8) is 0 Å². The fraction of sp³-hybridized carbons (Fsp3) is 0.182. The number of carbonyl (C=O) groups is 1. The van der Waals surface area contributed by atoms with E-state index < -0.39 is 0 Å². The number of para-hydroxylation sites is 2. The number of nitrogens with one attached hydrogen (secondary N) is 2. The Hall–Kier alpha value is -3.34. The van der Waals surface area contributed by atoms with Gasteiger partial charge in [-0.3, -0.25) is 4.79 Å². The van der Waals surface area contributed by atoms with Crippen molar-refractivity contribution in [3.8, 4) is 5.75 Å². The van der Waals surface area contributed by atoms with Crippen LogP contribution in [0.3, 0.4) is 0 Å². The van der Waals surface area contributed by atoms with Gasteiger partial charge in [0.15, 0.2) is 0 Å². The van der Waals surface area contributed by atoms with Gasteiger partial charge < -0.3 is 15.4 Å². The molecule has 5 heteroatoms. The fourth-order valence-corrected chi connectivity index (χ4v) is 2.59. The second-order valence-electron chi connectivity index (χ2n) is 6.43. The average molecular weight is 361 g/mol. The van der Waals surface area contributed by atoms with Crippen molar-refractivity contribution in [2.45, 2.75) is 26.4 Å². The van der Waals surface area contributed by atoms with Crippen molar-refractivity contribution in [3.05, 3.63) is 78.5 Å². The van der Waals surface area contributed by atoms with E-state index in [-0.39, 0.29) is 12.0 Å². The van der Waals surface area contributed by atoms with Gasteiger partial charge in [-0.1, -0.05) is 42.5 Å². The number of benzene rings is 2. The largest absolute Gasteiger partial charge is 0.489 e. The number of hydrogen-bond acceptors (Lipinski definition) is 4. The van der Waals surface area contributed by atoms with Gasteiger partial charge in [0.25, 0.3) is 0 Å². The van der Waals surface area contributed by atoms with Crippen molar-refractivity contribution >= 4 is 23.1 Å². The first-order valence-electron chi connectivity index (χ1n) is 8.92. The van der Waals surface area contributed by atoms with Crippen LogP contribution in [0.25, 0.3) is 0 Å². The highest BCUT2D eigenvalue weighted by atomic mass is 16.5. The summed E-state index contributed by atoms with van der Waals surface area (Å²) < 4.78 is 5.81. The molecule has 0 aliphatic carbocycles. The molecule has 0 aliphatic heterocycles. The highest BCUT2D eigenvalue weighted by Crippen LogP contribution is 2.28. The molecule has 0 radical (unpaired) electrons. The number of anilines is 3. The minimum atomic E-state index is -0.0925. The number of ether oxygens (including phenoxy) is 1. The number of aromatic nitrogens is 1. The van der Waals surface area contributed by atoms with Crippen molar-refractivity contribution in [1.29, 1.82) is 0 Å². The zero-order valence-corrected chi connectivity index (χ0v) is 15.5. The maximum atomic E-state index is 12.1. The number of pyridine rings is 1. The molecule has 27 heavy (non-hydrogen) atoms. The molecule has 5 nitrogen and oxygen atoms in total. The van der Waals surface area contributed by atoms with E-state index in [1.54, 1.807) is 12.3 Å². The van der Waals surface area contributed by atoms with Gasteiger partial charge in [0.2, 0.25) is 5.91 Å². The van der Waals surface area contributed by atoms with Crippen LogP contribution in [0.1, 0.15) is 19.4 Å². The fourth-order valence-electron chi connectivity index (χ4n) is 2.59. The van der Waals surface area contributed by atoms with Gasteiger partial charge in [0.1, 0.15) is 11.6 Å². The van der Waals surface area contributed by atoms with E-state index in [9.17, 15) is 4.79 Å². The third kappa shape index (κ3) is 5.57. The molecule has 138 valence electrons. The number of hydrogen-bond donors (Lipinski definition) is 2. The Labute approximate surface area is 159 Å². The van der Waals surface area contributed by atoms with Crippen molar-refractivity contribution in [1.82, 2.24) is 4.98 Å². The summed E-state index contributed by atoms with van der Waals surface area (Å²) in [5, 5.41) is 6.11. The highest BCUT2D eigenvalue weighted by Gasteiger charge is 2.07. The minimum absolute atomic E-state index is 0.0910. The smallest absolute Gasteiger partial charge is 0.229 e. The first-order chi connectivity index (χ1) is 13.1. The standard InChI is InChI=1S/C22H23N3O2/c1-16(2)27-20-11-7-6-10-19(20)24-18-12-13-21(23-15-18)25-22(26)14-17-8-4-3-5-9-17/h3-13,15-16,24H,14H2,1-2H3,(H,23,25,26). The SMILES string of the molecule is CC(C)Oc1ccccc1Nc1ccc(NC(=O)Cc2ccccc2)nc1. The summed E-state index contributed by atoms with van der Waals surface area (Å²) in [4.78, 5) is 16.4. The molecule has 3 aromatic rings. The molecule has 0 saturated heterocycles. The van der Waals surface area contributed by atoms with Gasteiger partial charge in [-0.05, 0) is 43.7 Å². The quantitative estimate of drug-likeness (QED) is 0.635. The Kier molecular flexibility index (Phi) is 6.05. The van der Waals surface area contributed by atoms with Crippen LogP contribution in [-0.4, -0.2) is 17.0 Å². The molecular formula is C22H23N3O2. The normalized spacial score (nSPS) is 10.5. The van der Waals surface area contributed by atoms with Crippen molar-refractivity contribution in [2.24, 2.45) is 0 Å². The zero-order chi connectivity index (χ0) is 19.1. The van der Waals surface area contributed by atoms with Crippen molar-refractivity contribution in [2.75, 3.05) is 10.6 Å². The minimum Gasteiger partial charge on any atom is -0.489 e. The molecule has 0 saturated carbocycles. The molecule has 0 bridgehead atoms. The van der Waals surface area contributed by atoms with Crippen LogP contribution in [0, 0.1) is 0 Å². The lowest BCUT2D eigenvalue weighted by Gasteiger charge is -2.15. The molecule has 1 amide bonds. The molecule has 0 atom stereocenters. The predicted octanol–water partition coefficient (Wildman–Crippen LogP) is 4.79. The van der Waals surface area contributed by atoms with E-state index >= 15 is 0 Å². The van der Waals surface area contributed by atoms with Gasteiger partial charge in [0, 0.05) is 0 Å². The third-order valence-corrected chi connectivity index (χ3v) is 3.77. The van der Waals surface area contributed by atoms with Gasteiger partial charge in [-0.15, -0.1) is 0 Å². The third-order valence-electron chi connectivity index (χ3n) is 3.77. The first-order valence-corrected chi connectivity index (χ1v) is 8.92. The second-order valence-corrected chi connectivity index (χ2v) is 6.43. The molecule has 0 aliphatic rings. The van der Waals surface area contributed by atoms with Gasteiger partial charge >= 0.3 is 0 Å². The molecule has 2 aromatic carbocycles.